The molecule has 510 valence electrons. The van der Waals surface area contributed by atoms with Crippen LogP contribution in [0.1, 0.15) is 373 Å². The Morgan fingerprint density at radius 1 is 0.345 bits per heavy atom. The van der Waals surface area contributed by atoms with E-state index in [2.05, 4.69) is 62.5 Å². The van der Waals surface area contributed by atoms with E-state index in [1.165, 1.54) is 295 Å². The molecule has 0 bridgehead atoms. The molecule has 0 aliphatic heterocycles. The first-order valence-corrected chi connectivity index (χ1v) is 37.8. The number of carbonyl (C=O) groups is 3. The zero-order valence-corrected chi connectivity index (χ0v) is 58.5. The van der Waals surface area contributed by atoms with E-state index in [0.29, 0.717) is 17.4 Å². The standard InChI is InChI=1S/C78H145NO8/c1-6-8-10-12-14-16-18-20-22-24-26-28-29-30-31-32-33-34-35-36-37-38-39-40-41-42-43-44-45-46-47-49-51-53-55-57-59-61-63-65-67-69-76(81)87-74(73-86-78(77(82)83)84-71-70-79(3,4)5)72-85-75(80)68-66-64-62-60-58-56-54-52-50-48-27-25-23-21-19-17-15-13-11-9-7-2/h18-21,24-27,74,78H,6-17,22-23,28-73H2,1-5H3/p+1/b20-18-,21-19-,26-24-,27-25-. The summed E-state index contributed by atoms with van der Waals surface area (Å²) in [5.74, 6) is -1.99. The van der Waals surface area contributed by atoms with Crippen molar-refractivity contribution in [1.29, 1.82) is 0 Å². The molecule has 0 radical (unpaired) electrons. The van der Waals surface area contributed by atoms with Gasteiger partial charge in [-0.25, -0.2) is 4.79 Å². The number of rotatable bonds is 71. The summed E-state index contributed by atoms with van der Waals surface area (Å²) in [6.45, 7) is 4.91. The van der Waals surface area contributed by atoms with Crippen molar-refractivity contribution in [3.05, 3.63) is 48.6 Å². The van der Waals surface area contributed by atoms with Crippen molar-refractivity contribution in [2.45, 2.75) is 386 Å². The molecule has 0 aromatic carbocycles. The maximum absolute atomic E-state index is 13.0. The van der Waals surface area contributed by atoms with Crippen molar-refractivity contribution in [2.24, 2.45) is 0 Å². The topological polar surface area (TPSA) is 108 Å². The molecule has 0 fully saturated rings. The highest BCUT2D eigenvalue weighted by atomic mass is 16.7. The lowest BCUT2D eigenvalue weighted by Crippen LogP contribution is -2.40. The number of unbranched alkanes of at least 4 members (excludes halogenated alkanes) is 48. The van der Waals surface area contributed by atoms with Gasteiger partial charge in [-0.1, -0.05) is 332 Å². The number of carboxylic acids is 1. The zero-order chi connectivity index (χ0) is 63.3. The highest BCUT2D eigenvalue weighted by Crippen LogP contribution is 2.19. The maximum atomic E-state index is 13.0. The van der Waals surface area contributed by atoms with Gasteiger partial charge in [0.15, 0.2) is 6.10 Å². The van der Waals surface area contributed by atoms with E-state index in [4.69, 9.17) is 18.9 Å². The number of hydrogen-bond donors (Lipinski definition) is 1. The first-order chi connectivity index (χ1) is 42.6. The summed E-state index contributed by atoms with van der Waals surface area (Å²) in [4.78, 5) is 37.6. The number of aliphatic carboxylic acids is 1. The van der Waals surface area contributed by atoms with Crippen LogP contribution in [-0.4, -0.2) is 87.4 Å². The number of esters is 2. The van der Waals surface area contributed by atoms with E-state index < -0.39 is 18.4 Å². The average Bonchev–Trinajstić information content (AvgIpc) is 3.59. The zero-order valence-electron chi connectivity index (χ0n) is 58.5. The summed E-state index contributed by atoms with van der Waals surface area (Å²) < 4.78 is 23.0. The number of allylic oxidation sites excluding steroid dienone is 8. The van der Waals surface area contributed by atoms with E-state index in [1.807, 2.05) is 21.1 Å². The number of likely N-dealkylation sites (N-methyl/N-ethyl adjacent to an activating group) is 1. The SMILES string of the molecule is CCCCCCC/C=C\C/C=C\CCCCCCCCCCCCCCCCCCCCCCCCCCCCCCCC(=O)OC(COC(=O)CCCCCCCCCCC/C=C\C/C=C\CCCCCCC)COC(OCC[N+](C)(C)C)C(=O)O. The Kier molecular flexibility index (Phi) is 67.0. The molecule has 0 aromatic rings. The van der Waals surface area contributed by atoms with E-state index >= 15 is 0 Å². The number of carbonyl (C=O) groups excluding carboxylic acids is 2. The van der Waals surface area contributed by atoms with Gasteiger partial charge in [-0.3, -0.25) is 9.59 Å². The first-order valence-electron chi connectivity index (χ1n) is 37.8. The Labute approximate surface area is 540 Å². The summed E-state index contributed by atoms with van der Waals surface area (Å²) in [5.41, 5.74) is 0. The second-order valence-electron chi connectivity index (χ2n) is 27.0. The van der Waals surface area contributed by atoms with E-state index in [-0.39, 0.29) is 38.2 Å². The molecule has 0 heterocycles. The van der Waals surface area contributed by atoms with Gasteiger partial charge < -0.3 is 28.5 Å². The molecule has 0 saturated heterocycles. The van der Waals surface area contributed by atoms with Crippen molar-refractivity contribution in [1.82, 2.24) is 0 Å². The fourth-order valence-electron chi connectivity index (χ4n) is 11.3. The number of ether oxygens (including phenoxy) is 4. The molecule has 2 unspecified atom stereocenters. The van der Waals surface area contributed by atoms with Crippen molar-refractivity contribution in [3.8, 4) is 0 Å². The minimum Gasteiger partial charge on any atom is -0.477 e. The Morgan fingerprint density at radius 2 is 0.621 bits per heavy atom. The van der Waals surface area contributed by atoms with Crippen LogP contribution in [0.15, 0.2) is 48.6 Å². The molecule has 0 spiro atoms. The van der Waals surface area contributed by atoms with Crippen LogP contribution in [-0.2, 0) is 33.3 Å². The molecular weight excluding hydrogens is 1080 g/mol. The average molecular weight is 1230 g/mol. The molecule has 0 aliphatic rings. The van der Waals surface area contributed by atoms with Gasteiger partial charge in [0.05, 0.1) is 34.4 Å². The summed E-state index contributed by atoms with van der Waals surface area (Å²) in [6, 6.07) is 0. The lowest BCUT2D eigenvalue weighted by molar-refractivity contribution is -0.870. The molecule has 0 amide bonds. The van der Waals surface area contributed by atoms with Crippen molar-refractivity contribution in [2.75, 3.05) is 47.5 Å². The van der Waals surface area contributed by atoms with Crippen LogP contribution in [0.25, 0.3) is 0 Å². The first kappa shape index (κ1) is 84.2. The fourth-order valence-corrected chi connectivity index (χ4v) is 11.3. The van der Waals surface area contributed by atoms with Gasteiger partial charge in [0.1, 0.15) is 13.2 Å². The molecular formula is C78H146NO8+. The van der Waals surface area contributed by atoms with E-state index in [1.54, 1.807) is 0 Å². The van der Waals surface area contributed by atoms with Gasteiger partial charge in [0.2, 0.25) is 0 Å². The quantitative estimate of drug-likeness (QED) is 0.0211. The highest BCUT2D eigenvalue weighted by Gasteiger charge is 2.25. The molecule has 87 heavy (non-hydrogen) atoms. The summed E-state index contributed by atoms with van der Waals surface area (Å²) in [6.07, 6.45) is 86.9. The molecule has 9 heteroatoms. The number of carboxylic acid groups (broad SMARTS) is 1. The number of quaternary nitrogens is 1. The van der Waals surface area contributed by atoms with Crippen LogP contribution in [0.2, 0.25) is 0 Å². The Balaban J connectivity index is 3.94. The van der Waals surface area contributed by atoms with Crippen molar-refractivity contribution in [3.63, 3.8) is 0 Å². The monoisotopic (exact) mass is 1230 g/mol. The minimum atomic E-state index is -1.51. The minimum absolute atomic E-state index is 0.180. The number of hydrogen-bond acceptors (Lipinski definition) is 7. The van der Waals surface area contributed by atoms with Crippen LogP contribution < -0.4 is 0 Å². The Hall–Kier alpha value is -2.75. The van der Waals surface area contributed by atoms with Crippen LogP contribution in [0.4, 0.5) is 0 Å². The molecule has 2 atom stereocenters. The fraction of sp³-hybridized carbons (Fsp3) is 0.859. The predicted molar refractivity (Wildman–Crippen MR) is 374 cm³/mol. The van der Waals surface area contributed by atoms with Crippen molar-refractivity contribution >= 4 is 17.9 Å². The second kappa shape index (κ2) is 69.1. The second-order valence-corrected chi connectivity index (χ2v) is 27.0. The Bertz CT molecular complexity index is 1570. The van der Waals surface area contributed by atoms with Crippen molar-refractivity contribution < 1.29 is 42.9 Å². The summed E-state index contributed by atoms with van der Waals surface area (Å²) >= 11 is 0. The van der Waals surface area contributed by atoms with Gasteiger partial charge in [-0.2, -0.15) is 0 Å². The Morgan fingerprint density at radius 3 is 0.908 bits per heavy atom. The highest BCUT2D eigenvalue weighted by molar-refractivity contribution is 5.71. The van der Waals surface area contributed by atoms with Gasteiger partial charge in [-0.15, -0.1) is 0 Å². The van der Waals surface area contributed by atoms with E-state index in [9.17, 15) is 19.5 Å². The van der Waals surface area contributed by atoms with Gasteiger partial charge >= 0.3 is 17.9 Å². The van der Waals surface area contributed by atoms with Crippen LogP contribution >= 0.6 is 0 Å². The van der Waals surface area contributed by atoms with Gasteiger partial charge in [-0.05, 0) is 77.0 Å². The molecule has 0 aromatic heterocycles. The maximum Gasteiger partial charge on any atom is 0.361 e. The molecule has 9 nitrogen and oxygen atoms in total. The smallest absolute Gasteiger partial charge is 0.361 e. The number of nitrogens with zero attached hydrogens (tertiary/aromatic N) is 1. The van der Waals surface area contributed by atoms with Crippen LogP contribution in [0, 0.1) is 0 Å². The van der Waals surface area contributed by atoms with Crippen LogP contribution in [0.5, 0.6) is 0 Å². The largest absolute Gasteiger partial charge is 0.477 e. The third-order valence-electron chi connectivity index (χ3n) is 17.1. The summed E-state index contributed by atoms with van der Waals surface area (Å²) in [5, 5.41) is 9.75. The summed E-state index contributed by atoms with van der Waals surface area (Å²) in [7, 11) is 5.99. The molecule has 0 saturated carbocycles. The molecule has 1 N–H and O–H groups in total. The van der Waals surface area contributed by atoms with Gasteiger partial charge in [0, 0.05) is 12.8 Å². The van der Waals surface area contributed by atoms with Gasteiger partial charge in [0.25, 0.3) is 6.29 Å². The third kappa shape index (κ3) is 70.6. The third-order valence-corrected chi connectivity index (χ3v) is 17.1. The predicted octanol–water partition coefficient (Wildman–Crippen LogP) is 23.7. The normalized spacial score (nSPS) is 12.9. The van der Waals surface area contributed by atoms with E-state index in [0.717, 1.165) is 51.4 Å². The van der Waals surface area contributed by atoms with Crippen LogP contribution in [0.3, 0.4) is 0 Å². The lowest BCUT2D eigenvalue weighted by atomic mass is 10.0. The molecule has 0 rings (SSSR count). The molecule has 0 aliphatic carbocycles. The lowest BCUT2D eigenvalue weighted by Gasteiger charge is -2.25.